The number of nitriles is 1. The molecule has 0 aliphatic heterocycles. The van der Waals surface area contributed by atoms with Crippen LogP contribution in [0.4, 0.5) is 21.5 Å². The zero-order valence-electron chi connectivity index (χ0n) is 11.2. The van der Waals surface area contributed by atoms with E-state index in [0.717, 1.165) is 6.07 Å². The number of benzene rings is 2. The smallest absolute Gasteiger partial charge is 0.337 e. The zero-order chi connectivity index (χ0) is 15.4. The van der Waals surface area contributed by atoms with Crippen LogP contribution in [0.5, 0.6) is 0 Å². The van der Waals surface area contributed by atoms with Crippen molar-refractivity contribution in [1.82, 2.24) is 0 Å². The first-order valence-electron chi connectivity index (χ1n) is 5.99. The van der Waals surface area contributed by atoms with Crippen LogP contribution in [-0.4, -0.2) is 13.1 Å². The van der Waals surface area contributed by atoms with Crippen LogP contribution in [0.3, 0.4) is 0 Å². The number of nitrogens with one attached hydrogen (secondary N) is 1. The summed E-state index contributed by atoms with van der Waals surface area (Å²) in [5, 5.41) is 11.9. The number of carbonyl (C=O) groups excluding carboxylic acids is 1. The second-order valence-corrected chi connectivity index (χ2v) is 4.22. The van der Waals surface area contributed by atoms with Gasteiger partial charge in [0.05, 0.1) is 35.3 Å². The van der Waals surface area contributed by atoms with Gasteiger partial charge in [-0.3, -0.25) is 0 Å². The summed E-state index contributed by atoms with van der Waals surface area (Å²) in [6.45, 7) is 0. The number of nitrogens with two attached hydrogens (primary N) is 1. The Hall–Kier alpha value is -3.07. The van der Waals surface area contributed by atoms with Gasteiger partial charge in [-0.05, 0) is 36.4 Å². The van der Waals surface area contributed by atoms with E-state index in [1.165, 1.54) is 25.3 Å². The van der Waals surface area contributed by atoms with Crippen molar-refractivity contribution in [3.05, 3.63) is 53.3 Å². The maximum atomic E-state index is 13.1. The topological polar surface area (TPSA) is 88.1 Å². The first-order valence-corrected chi connectivity index (χ1v) is 5.99. The summed E-state index contributed by atoms with van der Waals surface area (Å²) >= 11 is 0. The van der Waals surface area contributed by atoms with Crippen molar-refractivity contribution in [1.29, 1.82) is 5.26 Å². The summed E-state index contributed by atoms with van der Waals surface area (Å²) in [6.07, 6.45) is 0. The van der Waals surface area contributed by atoms with Crippen LogP contribution in [-0.2, 0) is 4.74 Å². The molecule has 0 heterocycles. The van der Waals surface area contributed by atoms with Crippen LogP contribution in [0, 0.1) is 17.1 Å². The van der Waals surface area contributed by atoms with E-state index in [0.29, 0.717) is 22.6 Å². The molecule has 6 heteroatoms. The highest BCUT2D eigenvalue weighted by Crippen LogP contribution is 2.26. The molecule has 2 aromatic carbocycles. The van der Waals surface area contributed by atoms with E-state index in [9.17, 15) is 9.18 Å². The van der Waals surface area contributed by atoms with Gasteiger partial charge in [-0.1, -0.05) is 0 Å². The van der Waals surface area contributed by atoms with Crippen LogP contribution in [0.15, 0.2) is 36.4 Å². The van der Waals surface area contributed by atoms with Gasteiger partial charge in [0.1, 0.15) is 11.9 Å². The number of hydrogen-bond acceptors (Lipinski definition) is 5. The molecule has 0 fully saturated rings. The van der Waals surface area contributed by atoms with Gasteiger partial charge < -0.3 is 15.8 Å². The van der Waals surface area contributed by atoms with Crippen molar-refractivity contribution in [3.63, 3.8) is 0 Å². The van der Waals surface area contributed by atoms with Gasteiger partial charge in [0.2, 0.25) is 0 Å². The monoisotopic (exact) mass is 285 g/mol. The zero-order valence-corrected chi connectivity index (χ0v) is 11.2. The van der Waals surface area contributed by atoms with Gasteiger partial charge in [-0.25, -0.2) is 9.18 Å². The van der Waals surface area contributed by atoms with Crippen molar-refractivity contribution >= 4 is 23.0 Å². The first-order chi connectivity index (χ1) is 10.0. The molecule has 2 rings (SSSR count). The Morgan fingerprint density at radius 1 is 1.29 bits per heavy atom. The van der Waals surface area contributed by atoms with Gasteiger partial charge >= 0.3 is 5.97 Å². The van der Waals surface area contributed by atoms with E-state index in [1.54, 1.807) is 12.1 Å². The molecule has 0 bridgehead atoms. The molecule has 5 nitrogen and oxygen atoms in total. The summed E-state index contributed by atoms with van der Waals surface area (Å²) in [5.74, 6) is -0.987. The van der Waals surface area contributed by atoms with Gasteiger partial charge in [-0.15, -0.1) is 0 Å². The van der Waals surface area contributed by atoms with Gasteiger partial charge in [0.15, 0.2) is 0 Å². The predicted molar refractivity (Wildman–Crippen MR) is 76.6 cm³/mol. The number of anilines is 3. The van der Waals surface area contributed by atoms with Crippen molar-refractivity contribution < 1.29 is 13.9 Å². The Bertz CT molecular complexity index is 738. The Kier molecular flexibility index (Phi) is 4.05. The first kappa shape index (κ1) is 14.3. The lowest BCUT2D eigenvalue weighted by Gasteiger charge is -2.11. The highest BCUT2D eigenvalue weighted by molar-refractivity contribution is 5.92. The lowest BCUT2D eigenvalue weighted by Crippen LogP contribution is -2.04. The van der Waals surface area contributed by atoms with E-state index >= 15 is 0 Å². The number of nitrogen functional groups attached to an aromatic ring is 1. The average molecular weight is 285 g/mol. The van der Waals surface area contributed by atoms with Crippen LogP contribution in [0.1, 0.15) is 15.9 Å². The molecule has 2 aromatic rings. The third-order valence-corrected chi connectivity index (χ3v) is 2.84. The normalized spacial score (nSPS) is 9.76. The van der Waals surface area contributed by atoms with Gasteiger partial charge in [0, 0.05) is 0 Å². The van der Waals surface area contributed by atoms with E-state index < -0.39 is 11.8 Å². The third kappa shape index (κ3) is 3.09. The summed E-state index contributed by atoms with van der Waals surface area (Å²) in [7, 11) is 1.28. The number of ether oxygens (including phenoxy) is 1. The van der Waals surface area contributed by atoms with Crippen molar-refractivity contribution in [3.8, 4) is 6.07 Å². The Morgan fingerprint density at radius 3 is 2.62 bits per heavy atom. The minimum atomic E-state index is -0.494. The molecule has 0 unspecified atom stereocenters. The molecule has 0 spiro atoms. The third-order valence-electron chi connectivity index (χ3n) is 2.84. The fourth-order valence-corrected chi connectivity index (χ4v) is 1.78. The number of nitrogens with zero attached hydrogens (tertiary/aromatic N) is 1. The second kappa shape index (κ2) is 5.92. The highest BCUT2D eigenvalue weighted by atomic mass is 19.1. The molecule has 0 saturated heterocycles. The van der Waals surface area contributed by atoms with Crippen molar-refractivity contribution in [2.75, 3.05) is 18.2 Å². The standard InChI is InChI=1S/C15H12FN3O2/c1-21-15(20)9-2-4-14(12(18)7-9)19-13-5-3-11(16)6-10(13)8-17/h2-7,19H,18H2,1H3. The summed E-state index contributed by atoms with van der Waals surface area (Å²) in [6, 6.07) is 10.3. The van der Waals surface area contributed by atoms with Crippen molar-refractivity contribution in [2.45, 2.75) is 0 Å². The number of carbonyl (C=O) groups is 1. The SMILES string of the molecule is COC(=O)c1ccc(Nc2ccc(F)cc2C#N)c(N)c1. The molecule has 0 aliphatic rings. The Morgan fingerprint density at radius 2 is 2.00 bits per heavy atom. The number of hydrogen-bond donors (Lipinski definition) is 2. The van der Waals surface area contributed by atoms with Gasteiger partial charge in [-0.2, -0.15) is 5.26 Å². The van der Waals surface area contributed by atoms with Crippen LogP contribution >= 0.6 is 0 Å². The molecule has 3 N–H and O–H groups in total. The average Bonchev–Trinajstić information content (AvgIpc) is 2.49. The summed E-state index contributed by atoms with van der Waals surface area (Å²) < 4.78 is 17.7. The van der Waals surface area contributed by atoms with E-state index in [1.807, 2.05) is 6.07 Å². The van der Waals surface area contributed by atoms with E-state index in [4.69, 9.17) is 11.0 Å². The quantitative estimate of drug-likeness (QED) is 0.668. The van der Waals surface area contributed by atoms with E-state index in [-0.39, 0.29) is 5.56 Å². The van der Waals surface area contributed by atoms with Crippen LogP contribution in [0.25, 0.3) is 0 Å². The number of rotatable bonds is 3. The minimum absolute atomic E-state index is 0.159. The van der Waals surface area contributed by atoms with Crippen molar-refractivity contribution in [2.24, 2.45) is 0 Å². The lowest BCUT2D eigenvalue weighted by molar-refractivity contribution is 0.0601. The highest BCUT2D eigenvalue weighted by Gasteiger charge is 2.10. The van der Waals surface area contributed by atoms with Crippen LogP contribution in [0.2, 0.25) is 0 Å². The minimum Gasteiger partial charge on any atom is -0.465 e. The Balaban J connectivity index is 2.33. The predicted octanol–water partition coefficient (Wildman–Crippen LogP) is 2.81. The lowest BCUT2D eigenvalue weighted by atomic mass is 10.1. The molecule has 106 valence electrons. The molecule has 0 atom stereocenters. The van der Waals surface area contributed by atoms with Crippen LogP contribution < -0.4 is 11.1 Å². The fourth-order valence-electron chi connectivity index (χ4n) is 1.78. The number of esters is 1. The fraction of sp³-hybridized carbons (Fsp3) is 0.0667. The summed E-state index contributed by atoms with van der Waals surface area (Å²) in [4.78, 5) is 11.4. The molecule has 0 aliphatic carbocycles. The maximum absolute atomic E-state index is 13.1. The maximum Gasteiger partial charge on any atom is 0.337 e. The molecule has 0 radical (unpaired) electrons. The largest absolute Gasteiger partial charge is 0.465 e. The molecule has 0 saturated carbocycles. The second-order valence-electron chi connectivity index (χ2n) is 4.22. The van der Waals surface area contributed by atoms with E-state index in [2.05, 4.69) is 10.1 Å². The molecule has 0 aromatic heterocycles. The number of halogens is 1. The number of methoxy groups -OCH3 is 1. The molecular weight excluding hydrogens is 273 g/mol. The Labute approximate surface area is 120 Å². The van der Waals surface area contributed by atoms with Gasteiger partial charge in [0.25, 0.3) is 0 Å². The molecule has 0 amide bonds. The molecule has 21 heavy (non-hydrogen) atoms. The molecular formula is C15H12FN3O2. The summed E-state index contributed by atoms with van der Waals surface area (Å²) in [5.41, 5.74) is 7.58.